The van der Waals surface area contributed by atoms with Crippen LogP contribution in [-0.2, 0) is 4.79 Å². The normalized spacial score (nSPS) is 18.3. The number of rotatable bonds is 4. The summed E-state index contributed by atoms with van der Waals surface area (Å²) < 4.78 is 0. The average molecular weight is 319 g/mol. The fourth-order valence-electron chi connectivity index (χ4n) is 2.88. The summed E-state index contributed by atoms with van der Waals surface area (Å²) >= 11 is 0. The van der Waals surface area contributed by atoms with Crippen molar-refractivity contribution in [1.29, 1.82) is 0 Å². The minimum Gasteiger partial charge on any atom is -0.384 e. The SMILES string of the molecule is CC(NC(=O)c1cccc(N)n1)C1CCN(C(=O)[C@H](C)N)CC1. The molecule has 1 saturated heterocycles. The third-order valence-corrected chi connectivity index (χ3v) is 4.31. The van der Waals surface area contributed by atoms with E-state index in [0.29, 0.717) is 30.5 Å². The summed E-state index contributed by atoms with van der Waals surface area (Å²) in [6.45, 7) is 5.05. The molecule has 0 radical (unpaired) electrons. The number of nitrogens with zero attached hydrogens (tertiary/aromatic N) is 2. The summed E-state index contributed by atoms with van der Waals surface area (Å²) in [5.41, 5.74) is 11.6. The van der Waals surface area contributed by atoms with Crippen LogP contribution in [0.5, 0.6) is 0 Å². The number of anilines is 1. The minimum atomic E-state index is -0.460. The van der Waals surface area contributed by atoms with Crippen molar-refractivity contribution in [3.8, 4) is 0 Å². The van der Waals surface area contributed by atoms with Gasteiger partial charge in [-0.1, -0.05) is 6.07 Å². The third-order valence-electron chi connectivity index (χ3n) is 4.31. The van der Waals surface area contributed by atoms with Crippen molar-refractivity contribution in [3.05, 3.63) is 23.9 Å². The molecule has 23 heavy (non-hydrogen) atoms. The van der Waals surface area contributed by atoms with Gasteiger partial charge in [-0.05, 0) is 44.7 Å². The van der Waals surface area contributed by atoms with E-state index >= 15 is 0 Å². The highest BCUT2D eigenvalue weighted by Crippen LogP contribution is 2.21. The lowest BCUT2D eigenvalue weighted by Gasteiger charge is -2.35. The van der Waals surface area contributed by atoms with Gasteiger partial charge in [-0.2, -0.15) is 0 Å². The molecule has 5 N–H and O–H groups in total. The van der Waals surface area contributed by atoms with Crippen molar-refractivity contribution < 1.29 is 9.59 Å². The zero-order chi connectivity index (χ0) is 17.0. The van der Waals surface area contributed by atoms with E-state index in [0.717, 1.165) is 12.8 Å². The van der Waals surface area contributed by atoms with Crippen molar-refractivity contribution in [2.24, 2.45) is 11.7 Å². The Morgan fingerprint density at radius 1 is 1.30 bits per heavy atom. The molecular formula is C16H25N5O2. The van der Waals surface area contributed by atoms with Gasteiger partial charge < -0.3 is 21.7 Å². The summed E-state index contributed by atoms with van der Waals surface area (Å²) in [5, 5.41) is 2.97. The van der Waals surface area contributed by atoms with E-state index in [2.05, 4.69) is 10.3 Å². The molecule has 1 fully saturated rings. The number of nitrogen functional groups attached to an aromatic ring is 1. The summed E-state index contributed by atoms with van der Waals surface area (Å²) in [5.74, 6) is 0.424. The molecule has 0 bridgehead atoms. The fraction of sp³-hybridized carbons (Fsp3) is 0.562. The number of hydrogen-bond donors (Lipinski definition) is 3. The van der Waals surface area contributed by atoms with Crippen LogP contribution in [0.3, 0.4) is 0 Å². The van der Waals surface area contributed by atoms with Gasteiger partial charge in [0.25, 0.3) is 5.91 Å². The summed E-state index contributed by atoms with van der Waals surface area (Å²) in [6, 6.07) is 4.55. The summed E-state index contributed by atoms with van der Waals surface area (Å²) in [4.78, 5) is 29.9. The van der Waals surface area contributed by atoms with Crippen LogP contribution in [0.2, 0.25) is 0 Å². The first-order chi connectivity index (χ1) is 10.9. The van der Waals surface area contributed by atoms with Crippen molar-refractivity contribution in [2.75, 3.05) is 18.8 Å². The molecule has 0 aliphatic carbocycles. The lowest BCUT2D eigenvalue weighted by molar-refractivity contribution is -0.133. The Hall–Kier alpha value is -2.15. The highest BCUT2D eigenvalue weighted by molar-refractivity contribution is 5.92. The fourth-order valence-corrected chi connectivity index (χ4v) is 2.88. The van der Waals surface area contributed by atoms with Gasteiger partial charge in [0.2, 0.25) is 5.91 Å². The number of nitrogens with two attached hydrogens (primary N) is 2. The van der Waals surface area contributed by atoms with Crippen molar-refractivity contribution in [1.82, 2.24) is 15.2 Å². The van der Waals surface area contributed by atoms with E-state index in [1.807, 2.05) is 6.92 Å². The van der Waals surface area contributed by atoms with Crippen molar-refractivity contribution in [3.63, 3.8) is 0 Å². The number of likely N-dealkylation sites (tertiary alicyclic amines) is 1. The maximum Gasteiger partial charge on any atom is 0.270 e. The molecule has 7 heteroatoms. The predicted octanol–water partition coefficient (Wildman–Crippen LogP) is 0.368. The number of aromatic nitrogens is 1. The smallest absolute Gasteiger partial charge is 0.270 e. The number of hydrogen-bond acceptors (Lipinski definition) is 5. The minimum absolute atomic E-state index is 0.0101. The summed E-state index contributed by atoms with van der Waals surface area (Å²) in [6.07, 6.45) is 1.70. The van der Waals surface area contributed by atoms with Gasteiger partial charge in [0.05, 0.1) is 6.04 Å². The molecule has 0 saturated carbocycles. The third kappa shape index (κ3) is 4.41. The number of piperidine rings is 1. The molecule has 1 aromatic rings. The predicted molar refractivity (Wildman–Crippen MR) is 88.5 cm³/mol. The monoisotopic (exact) mass is 319 g/mol. The maximum absolute atomic E-state index is 12.2. The van der Waals surface area contributed by atoms with Crippen molar-refractivity contribution >= 4 is 17.6 Å². The Bertz CT molecular complexity index is 567. The molecule has 126 valence electrons. The molecule has 0 aromatic carbocycles. The number of pyridine rings is 1. The largest absolute Gasteiger partial charge is 0.384 e. The van der Waals surface area contributed by atoms with E-state index in [1.54, 1.807) is 30.0 Å². The highest BCUT2D eigenvalue weighted by atomic mass is 16.2. The molecule has 2 atom stereocenters. The van der Waals surface area contributed by atoms with Crippen LogP contribution in [0.4, 0.5) is 5.82 Å². The van der Waals surface area contributed by atoms with Crippen LogP contribution in [0.15, 0.2) is 18.2 Å². The van der Waals surface area contributed by atoms with Crippen molar-refractivity contribution in [2.45, 2.75) is 38.8 Å². The Morgan fingerprint density at radius 3 is 2.52 bits per heavy atom. The van der Waals surface area contributed by atoms with Crippen LogP contribution >= 0.6 is 0 Å². The quantitative estimate of drug-likeness (QED) is 0.741. The van der Waals surface area contributed by atoms with E-state index in [1.165, 1.54) is 0 Å². The average Bonchev–Trinajstić information content (AvgIpc) is 2.54. The van der Waals surface area contributed by atoms with E-state index in [4.69, 9.17) is 11.5 Å². The molecule has 2 rings (SSSR count). The molecule has 1 aliphatic rings. The molecule has 2 amide bonds. The van der Waals surface area contributed by atoms with Gasteiger partial charge in [-0.15, -0.1) is 0 Å². The zero-order valence-corrected chi connectivity index (χ0v) is 13.7. The topological polar surface area (TPSA) is 114 Å². The van der Waals surface area contributed by atoms with Gasteiger partial charge in [-0.3, -0.25) is 9.59 Å². The molecule has 0 spiro atoms. The van der Waals surface area contributed by atoms with Crippen LogP contribution in [0.25, 0.3) is 0 Å². The van der Waals surface area contributed by atoms with Gasteiger partial charge in [0.15, 0.2) is 0 Å². The second-order valence-electron chi connectivity index (χ2n) is 6.16. The number of carbonyl (C=O) groups is 2. The second kappa shape index (κ2) is 7.41. The lowest BCUT2D eigenvalue weighted by atomic mass is 9.90. The molecule has 1 unspecified atom stereocenters. The molecule has 7 nitrogen and oxygen atoms in total. The Balaban J connectivity index is 1.86. The first-order valence-electron chi connectivity index (χ1n) is 7.96. The van der Waals surface area contributed by atoms with E-state index in [9.17, 15) is 9.59 Å². The maximum atomic E-state index is 12.2. The number of amides is 2. The van der Waals surface area contributed by atoms with E-state index in [-0.39, 0.29) is 17.9 Å². The molecule has 2 heterocycles. The highest BCUT2D eigenvalue weighted by Gasteiger charge is 2.28. The van der Waals surface area contributed by atoms with Gasteiger partial charge in [0.1, 0.15) is 11.5 Å². The first-order valence-corrected chi connectivity index (χ1v) is 7.96. The van der Waals surface area contributed by atoms with Crippen LogP contribution in [-0.4, -0.2) is 46.9 Å². The van der Waals surface area contributed by atoms with Crippen LogP contribution < -0.4 is 16.8 Å². The Labute approximate surface area is 136 Å². The van der Waals surface area contributed by atoms with Gasteiger partial charge in [0, 0.05) is 19.1 Å². The Kier molecular flexibility index (Phi) is 5.54. The molecule has 1 aromatic heterocycles. The Morgan fingerprint density at radius 2 is 1.96 bits per heavy atom. The molecular weight excluding hydrogens is 294 g/mol. The van der Waals surface area contributed by atoms with E-state index < -0.39 is 6.04 Å². The zero-order valence-electron chi connectivity index (χ0n) is 13.7. The van der Waals surface area contributed by atoms with Gasteiger partial charge in [-0.25, -0.2) is 4.98 Å². The molecule has 1 aliphatic heterocycles. The number of nitrogens with one attached hydrogen (secondary N) is 1. The first kappa shape index (κ1) is 17.2. The second-order valence-corrected chi connectivity index (χ2v) is 6.16. The summed E-state index contributed by atoms with van der Waals surface area (Å²) in [7, 11) is 0. The standard InChI is InChI=1S/C16H25N5O2/c1-10(17)16(23)21-8-6-12(7-9-21)11(2)19-15(22)13-4-3-5-14(18)20-13/h3-5,10-12H,6-9,17H2,1-2H3,(H2,18,20)(H,19,22)/t10-,11?/m0/s1. The lowest BCUT2D eigenvalue weighted by Crippen LogP contribution is -2.49. The number of carbonyl (C=O) groups excluding carboxylic acids is 2. The van der Waals surface area contributed by atoms with Crippen LogP contribution in [0, 0.1) is 5.92 Å². The van der Waals surface area contributed by atoms with Gasteiger partial charge >= 0.3 is 0 Å². The van der Waals surface area contributed by atoms with Crippen LogP contribution in [0.1, 0.15) is 37.2 Å².